The van der Waals surface area contributed by atoms with Crippen molar-refractivity contribution in [3.05, 3.63) is 93.7 Å². The number of carbonyl (C=O) groups excluding carboxylic acids is 1. The first kappa shape index (κ1) is 21.6. The SMILES string of the molecule is Cc1onc(C(=O)Nc2cc(C)n(Cc3ccc(F)cc3Cl)n2)c1COc1ccccc1. The van der Waals surface area contributed by atoms with Gasteiger partial charge in [-0.05, 0) is 43.7 Å². The lowest BCUT2D eigenvalue weighted by Crippen LogP contribution is -2.16. The highest BCUT2D eigenvalue weighted by molar-refractivity contribution is 6.31. The van der Waals surface area contributed by atoms with Crippen LogP contribution in [0, 0.1) is 19.7 Å². The van der Waals surface area contributed by atoms with E-state index >= 15 is 0 Å². The second-order valence-electron chi connectivity index (χ2n) is 7.19. The summed E-state index contributed by atoms with van der Waals surface area (Å²) in [5.74, 6) is 0.658. The number of nitrogens with zero attached hydrogens (tertiary/aromatic N) is 3. The molecule has 0 unspecified atom stereocenters. The molecule has 0 bridgehead atoms. The number of halogens is 2. The lowest BCUT2D eigenvalue weighted by atomic mass is 10.2. The van der Waals surface area contributed by atoms with E-state index in [2.05, 4.69) is 15.6 Å². The lowest BCUT2D eigenvalue weighted by molar-refractivity contribution is 0.101. The van der Waals surface area contributed by atoms with Crippen molar-refractivity contribution in [1.29, 1.82) is 0 Å². The van der Waals surface area contributed by atoms with Crippen molar-refractivity contribution in [1.82, 2.24) is 14.9 Å². The highest BCUT2D eigenvalue weighted by atomic mass is 35.5. The first-order valence-electron chi connectivity index (χ1n) is 9.83. The predicted octanol–water partition coefficient (Wildman–Crippen LogP) is 5.16. The number of amides is 1. The van der Waals surface area contributed by atoms with E-state index in [0.29, 0.717) is 40.0 Å². The molecule has 0 saturated heterocycles. The van der Waals surface area contributed by atoms with Crippen LogP contribution in [0.4, 0.5) is 10.2 Å². The molecule has 2 heterocycles. The minimum absolute atomic E-state index is 0.132. The van der Waals surface area contributed by atoms with Crippen LogP contribution in [0.5, 0.6) is 5.75 Å². The molecule has 164 valence electrons. The second-order valence-corrected chi connectivity index (χ2v) is 7.59. The number of carbonyl (C=O) groups is 1. The molecule has 0 spiro atoms. The molecule has 0 radical (unpaired) electrons. The van der Waals surface area contributed by atoms with Gasteiger partial charge in [0.05, 0.1) is 12.1 Å². The van der Waals surface area contributed by atoms with Gasteiger partial charge >= 0.3 is 0 Å². The number of hydrogen-bond acceptors (Lipinski definition) is 5. The van der Waals surface area contributed by atoms with Crippen LogP contribution in [-0.2, 0) is 13.2 Å². The molecule has 4 aromatic rings. The maximum Gasteiger partial charge on any atom is 0.279 e. The van der Waals surface area contributed by atoms with Crippen LogP contribution in [0.3, 0.4) is 0 Å². The average Bonchev–Trinajstić information content (AvgIpc) is 3.31. The zero-order valence-corrected chi connectivity index (χ0v) is 18.2. The number of ether oxygens (including phenoxy) is 1. The summed E-state index contributed by atoms with van der Waals surface area (Å²) in [6.45, 7) is 4.04. The Morgan fingerprint density at radius 2 is 1.97 bits per heavy atom. The fraction of sp³-hybridized carbons (Fsp3) is 0.174. The van der Waals surface area contributed by atoms with Crippen molar-refractivity contribution in [2.75, 3.05) is 5.32 Å². The van der Waals surface area contributed by atoms with Crippen LogP contribution in [0.25, 0.3) is 0 Å². The fourth-order valence-corrected chi connectivity index (χ4v) is 3.36. The van der Waals surface area contributed by atoms with Gasteiger partial charge < -0.3 is 14.6 Å². The molecule has 2 aromatic heterocycles. The van der Waals surface area contributed by atoms with E-state index in [-0.39, 0.29) is 12.3 Å². The Hall–Kier alpha value is -3.65. The number of anilines is 1. The summed E-state index contributed by atoms with van der Waals surface area (Å²) in [4.78, 5) is 12.8. The molecule has 32 heavy (non-hydrogen) atoms. The summed E-state index contributed by atoms with van der Waals surface area (Å²) in [5.41, 5.74) is 2.20. The Bertz CT molecular complexity index is 1250. The normalized spacial score (nSPS) is 10.9. The third-order valence-electron chi connectivity index (χ3n) is 4.88. The van der Waals surface area contributed by atoms with E-state index in [1.165, 1.54) is 12.1 Å². The van der Waals surface area contributed by atoms with Crippen LogP contribution in [-0.4, -0.2) is 20.8 Å². The first-order chi connectivity index (χ1) is 15.4. The van der Waals surface area contributed by atoms with Gasteiger partial charge in [0.1, 0.15) is 23.9 Å². The smallest absolute Gasteiger partial charge is 0.279 e. The summed E-state index contributed by atoms with van der Waals surface area (Å²) >= 11 is 6.12. The summed E-state index contributed by atoms with van der Waals surface area (Å²) < 4.78 is 25.9. The highest BCUT2D eigenvalue weighted by Crippen LogP contribution is 2.21. The van der Waals surface area contributed by atoms with E-state index in [4.69, 9.17) is 20.9 Å². The van der Waals surface area contributed by atoms with Gasteiger partial charge in [0.15, 0.2) is 11.5 Å². The molecule has 0 fully saturated rings. The second kappa shape index (κ2) is 9.23. The van der Waals surface area contributed by atoms with Gasteiger partial charge in [-0.1, -0.05) is 41.0 Å². The van der Waals surface area contributed by atoms with Crippen molar-refractivity contribution >= 4 is 23.3 Å². The number of aromatic nitrogens is 3. The first-order valence-corrected chi connectivity index (χ1v) is 10.2. The van der Waals surface area contributed by atoms with Gasteiger partial charge in [-0.2, -0.15) is 5.10 Å². The quantitative estimate of drug-likeness (QED) is 0.417. The van der Waals surface area contributed by atoms with E-state index < -0.39 is 11.7 Å². The molecule has 0 aliphatic carbocycles. The molecular formula is C23H20ClFN4O3. The summed E-state index contributed by atoms with van der Waals surface area (Å²) in [7, 11) is 0. The standard InChI is InChI=1S/C23H20ClFN4O3/c1-14-10-21(27-29(14)12-16-8-9-17(25)11-20(16)24)26-23(30)22-19(15(2)32-28-22)13-31-18-6-4-3-5-7-18/h3-11H,12-13H2,1-2H3,(H,26,27,30). The molecule has 9 heteroatoms. The van der Waals surface area contributed by atoms with Gasteiger partial charge in [-0.15, -0.1) is 0 Å². The van der Waals surface area contributed by atoms with Crippen molar-refractivity contribution in [3.63, 3.8) is 0 Å². The predicted molar refractivity (Wildman–Crippen MR) is 117 cm³/mol. The van der Waals surface area contributed by atoms with E-state index in [1.54, 1.807) is 23.7 Å². The van der Waals surface area contributed by atoms with Gasteiger partial charge in [-0.3, -0.25) is 9.48 Å². The molecule has 0 atom stereocenters. The number of aryl methyl sites for hydroxylation is 2. The minimum Gasteiger partial charge on any atom is -0.489 e. The van der Waals surface area contributed by atoms with Gasteiger partial charge in [0.25, 0.3) is 5.91 Å². The third-order valence-corrected chi connectivity index (χ3v) is 5.24. The molecule has 0 aliphatic rings. The maximum absolute atomic E-state index is 13.3. The Morgan fingerprint density at radius 3 is 2.72 bits per heavy atom. The molecule has 0 aliphatic heterocycles. The number of nitrogens with one attached hydrogen (secondary N) is 1. The zero-order chi connectivity index (χ0) is 22.7. The number of benzene rings is 2. The number of hydrogen-bond donors (Lipinski definition) is 1. The molecule has 1 N–H and O–H groups in total. The summed E-state index contributed by atoms with van der Waals surface area (Å²) in [5, 5.41) is 11.3. The highest BCUT2D eigenvalue weighted by Gasteiger charge is 2.21. The lowest BCUT2D eigenvalue weighted by Gasteiger charge is -2.07. The van der Waals surface area contributed by atoms with Crippen LogP contribution >= 0.6 is 11.6 Å². The Labute approximate surface area is 188 Å². The van der Waals surface area contributed by atoms with E-state index in [0.717, 1.165) is 5.69 Å². The van der Waals surface area contributed by atoms with E-state index in [1.807, 2.05) is 37.3 Å². The number of rotatable bonds is 7. The molecule has 2 aromatic carbocycles. The van der Waals surface area contributed by atoms with E-state index in [9.17, 15) is 9.18 Å². The van der Waals surface area contributed by atoms with Crippen LogP contribution in [0.2, 0.25) is 5.02 Å². The Morgan fingerprint density at radius 1 is 1.19 bits per heavy atom. The summed E-state index contributed by atoms with van der Waals surface area (Å²) in [6, 6.07) is 15.2. The number of para-hydroxylation sites is 1. The molecule has 4 rings (SSSR count). The largest absolute Gasteiger partial charge is 0.489 e. The third kappa shape index (κ3) is 4.81. The van der Waals surface area contributed by atoms with Crippen molar-refractivity contribution < 1.29 is 18.4 Å². The van der Waals surface area contributed by atoms with Crippen LogP contribution in [0.1, 0.15) is 33.1 Å². The molecular weight excluding hydrogens is 435 g/mol. The van der Waals surface area contributed by atoms with Crippen molar-refractivity contribution in [2.24, 2.45) is 0 Å². The van der Waals surface area contributed by atoms with Crippen LogP contribution < -0.4 is 10.1 Å². The average molecular weight is 455 g/mol. The van der Waals surface area contributed by atoms with Gasteiger partial charge in [0.2, 0.25) is 0 Å². The fourth-order valence-electron chi connectivity index (χ4n) is 3.13. The monoisotopic (exact) mass is 454 g/mol. The molecule has 1 amide bonds. The van der Waals surface area contributed by atoms with Gasteiger partial charge in [-0.25, -0.2) is 4.39 Å². The van der Waals surface area contributed by atoms with Crippen molar-refractivity contribution in [2.45, 2.75) is 27.0 Å². The minimum atomic E-state index is -0.460. The molecule has 7 nitrogen and oxygen atoms in total. The zero-order valence-electron chi connectivity index (χ0n) is 17.4. The summed E-state index contributed by atoms with van der Waals surface area (Å²) in [6.07, 6.45) is 0. The Balaban J connectivity index is 1.47. The van der Waals surface area contributed by atoms with Gasteiger partial charge in [0, 0.05) is 16.8 Å². The maximum atomic E-state index is 13.3. The topological polar surface area (TPSA) is 82.2 Å². The molecule has 0 saturated carbocycles. The van der Waals surface area contributed by atoms with Crippen LogP contribution in [0.15, 0.2) is 59.1 Å². The Kier molecular flexibility index (Phi) is 6.23. The van der Waals surface area contributed by atoms with Crippen molar-refractivity contribution in [3.8, 4) is 5.75 Å².